The Balaban J connectivity index is 1.89. The number of aromatic carboxylic acids is 1. The molecule has 1 fully saturated rings. The second-order valence-corrected chi connectivity index (χ2v) is 4.97. The number of rotatable bonds is 5. The van der Waals surface area contributed by atoms with Gasteiger partial charge in [0, 0.05) is 11.1 Å². The molecule has 3 N–H and O–H groups in total. The molecular weight excluding hydrogens is 300 g/mol. The van der Waals surface area contributed by atoms with Crippen LogP contribution in [0.4, 0.5) is 4.79 Å². The SMILES string of the molecule is O=C(COc1cc(Cl)ccc1C(=O)O)NC(=O)NC1CC1. The van der Waals surface area contributed by atoms with E-state index in [2.05, 4.69) is 10.6 Å². The first-order valence-corrected chi connectivity index (χ1v) is 6.59. The minimum Gasteiger partial charge on any atom is -0.483 e. The average molecular weight is 313 g/mol. The Hall–Kier alpha value is -2.28. The summed E-state index contributed by atoms with van der Waals surface area (Å²) in [6.45, 7) is -0.487. The monoisotopic (exact) mass is 312 g/mol. The van der Waals surface area contributed by atoms with Gasteiger partial charge >= 0.3 is 12.0 Å². The summed E-state index contributed by atoms with van der Waals surface area (Å²) in [4.78, 5) is 33.8. The van der Waals surface area contributed by atoms with Crippen LogP contribution in [0.1, 0.15) is 23.2 Å². The average Bonchev–Trinajstić information content (AvgIpc) is 3.19. The van der Waals surface area contributed by atoms with Gasteiger partial charge in [0.05, 0.1) is 0 Å². The predicted octanol–water partition coefficient (Wildman–Crippen LogP) is 1.41. The number of carbonyl (C=O) groups is 3. The summed E-state index contributed by atoms with van der Waals surface area (Å²) in [5.74, 6) is -1.91. The molecule has 0 bridgehead atoms. The van der Waals surface area contributed by atoms with Crippen LogP contribution >= 0.6 is 11.6 Å². The fraction of sp³-hybridized carbons (Fsp3) is 0.308. The van der Waals surface area contributed by atoms with Crippen LogP contribution in [-0.2, 0) is 4.79 Å². The van der Waals surface area contributed by atoms with Gasteiger partial charge in [0.2, 0.25) is 0 Å². The van der Waals surface area contributed by atoms with Gasteiger partial charge in [-0.05, 0) is 31.0 Å². The highest BCUT2D eigenvalue weighted by Gasteiger charge is 2.24. The van der Waals surface area contributed by atoms with Gasteiger partial charge < -0.3 is 15.2 Å². The molecule has 0 aromatic heterocycles. The smallest absolute Gasteiger partial charge is 0.339 e. The lowest BCUT2D eigenvalue weighted by Crippen LogP contribution is -2.42. The number of hydrogen-bond donors (Lipinski definition) is 3. The molecular formula is C13H13ClN2O5. The van der Waals surface area contributed by atoms with Gasteiger partial charge in [0.25, 0.3) is 5.91 Å². The Morgan fingerprint density at radius 1 is 1.33 bits per heavy atom. The van der Waals surface area contributed by atoms with Crippen molar-refractivity contribution in [3.05, 3.63) is 28.8 Å². The van der Waals surface area contributed by atoms with Crippen molar-refractivity contribution in [1.82, 2.24) is 10.6 Å². The van der Waals surface area contributed by atoms with Gasteiger partial charge in [-0.1, -0.05) is 11.6 Å². The molecule has 3 amide bonds. The lowest BCUT2D eigenvalue weighted by molar-refractivity contribution is -0.122. The Morgan fingerprint density at radius 3 is 2.67 bits per heavy atom. The van der Waals surface area contributed by atoms with Gasteiger partial charge in [-0.25, -0.2) is 9.59 Å². The van der Waals surface area contributed by atoms with E-state index in [1.807, 2.05) is 0 Å². The number of amides is 3. The lowest BCUT2D eigenvalue weighted by Gasteiger charge is -2.10. The highest BCUT2D eigenvalue weighted by atomic mass is 35.5. The van der Waals surface area contributed by atoms with Crippen LogP contribution in [-0.4, -0.2) is 35.7 Å². The van der Waals surface area contributed by atoms with Crippen LogP contribution < -0.4 is 15.4 Å². The summed E-state index contributed by atoms with van der Waals surface area (Å²) >= 11 is 5.75. The molecule has 0 spiro atoms. The number of imide groups is 1. The van der Waals surface area contributed by atoms with Crippen molar-refractivity contribution < 1.29 is 24.2 Å². The molecule has 0 unspecified atom stereocenters. The first-order valence-electron chi connectivity index (χ1n) is 6.21. The van der Waals surface area contributed by atoms with E-state index in [0.717, 1.165) is 12.8 Å². The van der Waals surface area contributed by atoms with Crippen LogP contribution in [0.15, 0.2) is 18.2 Å². The van der Waals surface area contributed by atoms with E-state index in [0.29, 0.717) is 0 Å². The minimum atomic E-state index is -1.20. The number of halogens is 1. The minimum absolute atomic E-state index is 0.0345. The molecule has 0 heterocycles. The molecule has 0 radical (unpaired) electrons. The van der Waals surface area contributed by atoms with E-state index in [1.165, 1.54) is 18.2 Å². The zero-order valence-corrected chi connectivity index (χ0v) is 11.6. The van der Waals surface area contributed by atoms with Gasteiger partial charge in [-0.2, -0.15) is 0 Å². The quantitative estimate of drug-likeness (QED) is 0.762. The largest absolute Gasteiger partial charge is 0.483 e. The number of carbonyl (C=O) groups excluding carboxylic acids is 2. The second kappa shape index (κ2) is 6.45. The summed E-state index contributed by atoms with van der Waals surface area (Å²) in [6, 6.07) is 3.52. The van der Waals surface area contributed by atoms with Crippen molar-refractivity contribution in [2.45, 2.75) is 18.9 Å². The second-order valence-electron chi connectivity index (χ2n) is 4.53. The fourth-order valence-electron chi connectivity index (χ4n) is 1.55. The van der Waals surface area contributed by atoms with E-state index in [4.69, 9.17) is 21.4 Å². The third-order valence-corrected chi connectivity index (χ3v) is 2.93. The summed E-state index contributed by atoms with van der Waals surface area (Å²) < 4.78 is 5.11. The van der Waals surface area contributed by atoms with E-state index < -0.39 is 24.5 Å². The molecule has 112 valence electrons. The number of benzene rings is 1. The zero-order chi connectivity index (χ0) is 15.4. The molecule has 1 aromatic rings. The first-order chi connectivity index (χ1) is 9.95. The lowest BCUT2D eigenvalue weighted by atomic mass is 10.2. The van der Waals surface area contributed by atoms with Crippen molar-refractivity contribution >= 4 is 29.5 Å². The van der Waals surface area contributed by atoms with Gasteiger partial charge in [-0.15, -0.1) is 0 Å². The Morgan fingerprint density at radius 2 is 2.05 bits per heavy atom. The standard InChI is InChI=1S/C13H13ClN2O5/c14-7-1-4-9(12(18)19)10(5-7)21-6-11(17)16-13(20)15-8-2-3-8/h1,4-5,8H,2-3,6H2,(H,18,19)(H2,15,16,17,20). The van der Waals surface area contributed by atoms with Gasteiger partial charge in [-0.3, -0.25) is 10.1 Å². The summed E-state index contributed by atoms with van der Waals surface area (Å²) in [5.41, 5.74) is -0.116. The number of carboxylic acid groups (broad SMARTS) is 1. The van der Waals surface area contributed by atoms with Crippen molar-refractivity contribution in [3.63, 3.8) is 0 Å². The summed E-state index contributed by atoms with van der Waals surface area (Å²) in [5, 5.41) is 13.9. The molecule has 7 nitrogen and oxygen atoms in total. The third kappa shape index (κ3) is 4.64. The van der Waals surface area contributed by atoms with Crippen LogP contribution in [0.3, 0.4) is 0 Å². The van der Waals surface area contributed by atoms with Crippen molar-refractivity contribution in [2.75, 3.05) is 6.61 Å². The molecule has 1 saturated carbocycles. The van der Waals surface area contributed by atoms with Crippen LogP contribution in [0.5, 0.6) is 5.75 Å². The summed E-state index contributed by atoms with van der Waals surface area (Å²) in [7, 11) is 0. The Bertz CT molecular complexity index is 586. The number of carboxylic acids is 1. The normalized spacial score (nSPS) is 13.4. The van der Waals surface area contributed by atoms with Crippen LogP contribution in [0.25, 0.3) is 0 Å². The van der Waals surface area contributed by atoms with Crippen LogP contribution in [0.2, 0.25) is 5.02 Å². The molecule has 21 heavy (non-hydrogen) atoms. The van der Waals surface area contributed by atoms with Gasteiger partial charge in [0.1, 0.15) is 11.3 Å². The number of hydrogen-bond acceptors (Lipinski definition) is 4. The zero-order valence-electron chi connectivity index (χ0n) is 10.9. The maximum absolute atomic E-state index is 11.5. The Kier molecular flexibility index (Phi) is 4.64. The Labute approximate surface area is 125 Å². The highest BCUT2D eigenvalue weighted by Crippen LogP contribution is 2.23. The van der Waals surface area contributed by atoms with Crippen molar-refractivity contribution in [2.24, 2.45) is 0 Å². The number of nitrogens with one attached hydrogen (secondary N) is 2. The maximum Gasteiger partial charge on any atom is 0.339 e. The summed E-state index contributed by atoms with van der Waals surface area (Å²) in [6.07, 6.45) is 1.81. The van der Waals surface area contributed by atoms with Gasteiger partial charge in [0.15, 0.2) is 6.61 Å². The highest BCUT2D eigenvalue weighted by molar-refractivity contribution is 6.30. The van der Waals surface area contributed by atoms with E-state index >= 15 is 0 Å². The van der Waals surface area contributed by atoms with E-state index in [1.54, 1.807) is 0 Å². The first kappa shape index (κ1) is 15.1. The molecule has 8 heteroatoms. The molecule has 0 aliphatic heterocycles. The number of urea groups is 1. The van der Waals surface area contributed by atoms with Crippen molar-refractivity contribution in [1.29, 1.82) is 0 Å². The van der Waals surface area contributed by atoms with Crippen LogP contribution in [0, 0.1) is 0 Å². The topological polar surface area (TPSA) is 105 Å². The van der Waals surface area contributed by atoms with Crippen molar-refractivity contribution in [3.8, 4) is 5.75 Å². The molecule has 1 aliphatic rings. The van der Waals surface area contributed by atoms with E-state index in [-0.39, 0.29) is 22.4 Å². The van der Waals surface area contributed by atoms with E-state index in [9.17, 15) is 14.4 Å². The molecule has 0 atom stereocenters. The molecule has 2 rings (SSSR count). The number of ether oxygens (including phenoxy) is 1. The predicted molar refractivity (Wildman–Crippen MR) is 73.6 cm³/mol. The third-order valence-electron chi connectivity index (χ3n) is 2.70. The molecule has 1 aliphatic carbocycles. The molecule has 0 saturated heterocycles. The fourth-order valence-corrected chi connectivity index (χ4v) is 1.71. The maximum atomic E-state index is 11.5. The molecule has 1 aromatic carbocycles.